The van der Waals surface area contributed by atoms with Crippen molar-refractivity contribution in [1.82, 2.24) is 9.97 Å². The zero-order valence-electron chi connectivity index (χ0n) is 10.6. The summed E-state index contributed by atoms with van der Waals surface area (Å²) < 4.78 is 0. The highest BCUT2D eigenvalue weighted by Crippen LogP contribution is 2.03. The van der Waals surface area contributed by atoms with Gasteiger partial charge in [-0.25, -0.2) is 9.97 Å². The van der Waals surface area contributed by atoms with Crippen LogP contribution in [-0.2, 0) is 11.2 Å². The maximum Gasteiger partial charge on any atom is 0.320 e. The monoisotopic (exact) mass is 252 g/mol. The quantitative estimate of drug-likeness (QED) is 0.597. The van der Waals surface area contributed by atoms with Gasteiger partial charge in [-0.15, -0.1) is 0 Å². The van der Waals surface area contributed by atoms with E-state index in [0.29, 0.717) is 25.3 Å². The number of aromatic nitrogens is 2. The van der Waals surface area contributed by atoms with Crippen molar-refractivity contribution in [1.29, 1.82) is 0 Å². The van der Waals surface area contributed by atoms with E-state index >= 15 is 0 Å². The van der Waals surface area contributed by atoms with Crippen LogP contribution in [0.1, 0.15) is 31.7 Å². The van der Waals surface area contributed by atoms with Crippen LogP contribution in [0, 0.1) is 0 Å². The number of anilines is 1. The molecule has 18 heavy (non-hydrogen) atoms. The molecule has 0 aliphatic carbocycles. The van der Waals surface area contributed by atoms with E-state index in [2.05, 4.69) is 22.2 Å². The molecule has 0 radical (unpaired) electrons. The molecule has 6 heteroatoms. The lowest BCUT2D eigenvalue weighted by Crippen LogP contribution is -2.30. The van der Waals surface area contributed by atoms with Crippen molar-refractivity contribution in [2.75, 3.05) is 11.9 Å². The Balaban J connectivity index is 2.25. The summed E-state index contributed by atoms with van der Waals surface area (Å²) in [5.41, 5.74) is 6.51. The Morgan fingerprint density at radius 2 is 2.17 bits per heavy atom. The predicted octanol–water partition coefficient (Wildman–Crippen LogP) is 1.03. The summed E-state index contributed by atoms with van der Waals surface area (Å²) in [7, 11) is 0. The summed E-state index contributed by atoms with van der Waals surface area (Å²) in [5.74, 6) is -0.395. The van der Waals surface area contributed by atoms with Crippen molar-refractivity contribution < 1.29 is 9.90 Å². The number of nitrogens with zero attached hydrogens (tertiary/aromatic N) is 2. The molecule has 0 saturated heterocycles. The minimum absolute atomic E-state index is 0.441. The molecule has 100 valence electrons. The molecule has 1 aromatic heterocycles. The molecular formula is C12H20N4O2. The van der Waals surface area contributed by atoms with E-state index in [4.69, 9.17) is 10.8 Å². The molecular weight excluding hydrogens is 232 g/mol. The third-order valence-corrected chi connectivity index (χ3v) is 2.54. The van der Waals surface area contributed by atoms with E-state index in [-0.39, 0.29) is 0 Å². The number of nitrogens with one attached hydrogen (secondary N) is 1. The van der Waals surface area contributed by atoms with Crippen LogP contribution in [0.25, 0.3) is 0 Å². The molecule has 1 rings (SSSR count). The lowest BCUT2D eigenvalue weighted by Gasteiger charge is -2.07. The summed E-state index contributed by atoms with van der Waals surface area (Å²) in [5, 5.41) is 11.6. The van der Waals surface area contributed by atoms with Gasteiger partial charge in [0.05, 0.1) is 0 Å². The lowest BCUT2D eigenvalue weighted by atomic mass is 10.2. The van der Waals surface area contributed by atoms with Gasteiger partial charge in [-0.05, 0) is 24.8 Å². The van der Waals surface area contributed by atoms with Gasteiger partial charge in [-0.1, -0.05) is 13.3 Å². The normalized spacial score (nSPS) is 12.1. The first-order valence-electron chi connectivity index (χ1n) is 6.16. The van der Waals surface area contributed by atoms with Crippen LogP contribution >= 0.6 is 0 Å². The Morgan fingerprint density at radius 3 is 2.72 bits per heavy atom. The zero-order valence-corrected chi connectivity index (χ0v) is 10.6. The second-order valence-electron chi connectivity index (χ2n) is 4.18. The van der Waals surface area contributed by atoms with Gasteiger partial charge in [-0.3, -0.25) is 4.79 Å². The second-order valence-corrected chi connectivity index (χ2v) is 4.18. The van der Waals surface area contributed by atoms with Crippen LogP contribution in [0.4, 0.5) is 5.95 Å². The molecule has 6 nitrogen and oxygen atoms in total. The molecule has 4 N–H and O–H groups in total. The number of hydrogen-bond donors (Lipinski definition) is 3. The van der Waals surface area contributed by atoms with Crippen LogP contribution in [-0.4, -0.2) is 33.6 Å². The second kappa shape index (κ2) is 7.60. The third-order valence-electron chi connectivity index (χ3n) is 2.54. The molecule has 0 amide bonds. The Kier molecular flexibility index (Phi) is 6.07. The smallest absolute Gasteiger partial charge is 0.320 e. The number of carboxylic acids is 1. The van der Waals surface area contributed by atoms with Gasteiger partial charge in [0, 0.05) is 18.9 Å². The number of rotatable bonds is 8. The van der Waals surface area contributed by atoms with E-state index in [9.17, 15) is 4.79 Å². The number of carbonyl (C=O) groups is 1. The molecule has 0 spiro atoms. The Bertz CT molecular complexity index is 367. The molecule has 0 aliphatic heterocycles. The summed E-state index contributed by atoms with van der Waals surface area (Å²) in [6, 6.07) is -0.792. The lowest BCUT2D eigenvalue weighted by molar-refractivity contribution is -0.138. The van der Waals surface area contributed by atoms with Crippen molar-refractivity contribution in [3.8, 4) is 0 Å². The molecule has 1 heterocycles. The molecule has 0 unspecified atom stereocenters. The van der Waals surface area contributed by atoms with E-state index in [1.165, 1.54) is 0 Å². The highest BCUT2D eigenvalue weighted by atomic mass is 16.4. The SMILES string of the molecule is CCCc1cnc(NCCC[C@H](N)C(=O)O)nc1. The maximum atomic E-state index is 10.5. The van der Waals surface area contributed by atoms with E-state index in [1.54, 1.807) is 0 Å². The highest BCUT2D eigenvalue weighted by molar-refractivity contribution is 5.72. The van der Waals surface area contributed by atoms with Crippen LogP contribution in [0.2, 0.25) is 0 Å². The van der Waals surface area contributed by atoms with Crippen LogP contribution in [0.15, 0.2) is 12.4 Å². The number of aryl methyl sites for hydroxylation is 1. The fourth-order valence-electron chi connectivity index (χ4n) is 1.51. The van der Waals surface area contributed by atoms with E-state index in [0.717, 1.165) is 18.4 Å². The summed E-state index contributed by atoms with van der Waals surface area (Å²) in [6.45, 7) is 2.73. The minimum Gasteiger partial charge on any atom is -0.480 e. The topological polar surface area (TPSA) is 101 Å². The van der Waals surface area contributed by atoms with Crippen molar-refractivity contribution in [2.45, 2.75) is 38.6 Å². The van der Waals surface area contributed by atoms with Gasteiger partial charge < -0.3 is 16.2 Å². The standard InChI is InChI=1S/C12H20N4O2/c1-2-4-9-7-15-12(16-8-9)14-6-3-5-10(13)11(17)18/h7-8,10H,2-6,13H2,1H3,(H,17,18)(H,14,15,16)/t10-/m0/s1. The van der Waals surface area contributed by atoms with Gasteiger partial charge in [-0.2, -0.15) is 0 Å². The first-order valence-corrected chi connectivity index (χ1v) is 6.16. The highest BCUT2D eigenvalue weighted by Gasteiger charge is 2.09. The summed E-state index contributed by atoms with van der Waals surface area (Å²) in [6.07, 6.45) is 6.78. The molecule has 0 aliphatic rings. The minimum atomic E-state index is -0.963. The van der Waals surface area contributed by atoms with Crippen LogP contribution in [0.5, 0.6) is 0 Å². The van der Waals surface area contributed by atoms with Crippen LogP contribution < -0.4 is 11.1 Å². The third kappa shape index (κ3) is 5.09. The largest absolute Gasteiger partial charge is 0.480 e. The molecule has 0 aromatic carbocycles. The maximum absolute atomic E-state index is 10.5. The van der Waals surface area contributed by atoms with E-state index < -0.39 is 12.0 Å². The van der Waals surface area contributed by atoms with Crippen molar-refractivity contribution in [3.63, 3.8) is 0 Å². The Labute approximate surface area is 107 Å². The predicted molar refractivity (Wildman–Crippen MR) is 69.4 cm³/mol. The number of carboxylic acid groups (broad SMARTS) is 1. The fraction of sp³-hybridized carbons (Fsp3) is 0.583. The van der Waals surface area contributed by atoms with Crippen molar-refractivity contribution in [2.24, 2.45) is 5.73 Å². The van der Waals surface area contributed by atoms with Gasteiger partial charge in [0.2, 0.25) is 5.95 Å². The van der Waals surface area contributed by atoms with Crippen molar-refractivity contribution >= 4 is 11.9 Å². The summed E-state index contributed by atoms with van der Waals surface area (Å²) in [4.78, 5) is 18.9. The van der Waals surface area contributed by atoms with Gasteiger partial charge in [0.1, 0.15) is 6.04 Å². The first-order chi connectivity index (χ1) is 8.63. The molecule has 0 fully saturated rings. The van der Waals surface area contributed by atoms with Crippen LogP contribution in [0.3, 0.4) is 0 Å². The van der Waals surface area contributed by atoms with Gasteiger partial charge in [0.15, 0.2) is 0 Å². The molecule has 0 bridgehead atoms. The summed E-state index contributed by atoms with van der Waals surface area (Å²) >= 11 is 0. The fourth-order valence-corrected chi connectivity index (χ4v) is 1.51. The molecule has 0 saturated carbocycles. The Hall–Kier alpha value is -1.69. The van der Waals surface area contributed by atoms with Crippen molar-refractivity contribution in [3.05, 3.63) is 18.0 Å². The number of aliphatic carboxylic acids is 1. The van der Waals surface area contributed by atoms with E-state index in [1.807, 2.05) is 12.4 Å². The first kappa shape index (κ1) is 14.4. The number of hydrogen-bond acceptors (Lipinski definition) is 5. The zero-order chi connectivity index (χ0) is 13.4. The Morgan fingerprint density at radius 1 is 1.50 bits per heavy atom. The average molecular weight is 252 g/mol. The van der Waals surface area contributed by atoms with Gasteiger partial charge >= 0.3 is 5.97 Å². The average Bonchev–Trinajstić information content (AvgIpc) is 2.36. The molecule has 1 aromatic rings. The van der Waals surface area contributed by atoms with Gasteiger partial charge in [0.25, 0.3) is 0 Å². The number of nitrogens with two attached hydrogens (primary N) is 1. The molecule has 1 atom stereocenters.